The average molecular weight is 339 g/mol. The first kappa shape index (κ1) is 15.6. The maximum Gasteiger partial charge on any atom is 0.127 e. The number of rotatable bonds is 4. The van der Waals surface area contributed by atoms with Gasteiger partial charge >= 0.3 is 0 Å². The van der Waals surface area contributed by atoms with E-state index >= 15 is 0 Å². The number of hydrogen-bond donors (Lipinski definition) is 1. The molecule has 1 aliphatic heterocycles. The van der Waals surface area contributed by atoms with E-state index in [1.54, 1.807) is 12.0 Å². The molecule has 0 atom stereocenters. The van der Waals surface area contributed by atoms with Gasteiger partial charge in [0, 0.05) is 24.3 Å². The van der Waals surface area contributed by atoms with E-state index in [4.69, 9.17) is 9.72 Å². The summed E-state index contributed by atoms with van der Waals surface area (Å²) in [7, 11) is 1.76. The van der Waals surface area contributed by atoms with Crippen LogP contribution in [0.2, 0.25) is 0 Å². The molecule has 3 nitrogen and oxygen atoms in total. The fraction of sp³-hybridized carbons (Fsp3) is 0.350. The number of methoxy groups -OCH3 is 1. The smallest absolute Gasteiger partial charge is 0.127 e. The molecule has 0 aliphatic carbocycles. The third kappa shape index (κ3) is 3.17. The fourth-order valence-electron chi connectivity index (χ4n) is 3.63. The third-order valence-electron chi connectivity index (χ3n) is 4.99. The van der Waals surface area contributed by atoms with Gasteiger partial charge in [-0.3, -0.25) is 0 Å². The molecule has 1 aliphatic rings. The van der Waals surface area contributed by atoms with Gasteiger partial charge in [-0.2, -0.15) is 0 Å². The Morgan fingerprint density at radius 3 is 2.62 bits per heavy atom. The predicted octanol–water partition coefficient (Wildman–Crippen LogP) is 3.27. The molecule has 0 radical (unpaired) electrons. The highest BCUT2D eigenvalue weighted by atomic mass is 32.1. The first-order valence-corrected chi connectivity index (χ1v) is 9.46. The normalized spacial score (nSPS) is 21.0. The van der Waals surface area contributed by atoms with Crippen molar-refractivity contribution in [1.82, 2.24) is 4.98 Å². The van der Waals surface area contributed by atoms with E-state index in [9.17, 15) is 0 Å². The predicted molar refractivity (Wildman–Crippen MR) is 99.0 cm³/mol. The van der Waals surface area contributed by atoms with Gasteiger partial charge in [0.2, 0.25) is 0 Å². The molecule has 1 aromatic heterocycles. The molecule has 4 rings (SSSR count). The van der Waals surface area contributed by atoms with Crippen molar-refractivity contribution in [3.8, 4) is 5.75 Å². The van der Waals surface area contributed by atoms with Crippen molar-refractivity contribution in [3.63, 3.8) is 0 Å². The summed E-state index contributed by atoms with van der Waals surface area (Å²) in [4.78, 5) is 6.51. The molecular weight excluding hydrogens is 316 g/mol. The number of aromatic nitrogens is 1. The van der Waals surface area contributed by atoms with Gasteiger partial charge in [-0.05, 0) is 24.3 Å². The number of nitrogens with one attached hydrogen (secondary N) is 1. The summed E-state index contributed by atoms with van der Waals surface area (Å²) in [6, 6.07) is 16.9. The summed E-state index contributed by atoms with van der Waals surface area (Å²) >= 11 is 1.87. The Balaban J connectivity index is 1.41. The van der Waals surface area contributed by atoms with Gasteiger partial charge in [0.1, 0.15) is 12.3 Å². The summed E-state index contributed by atoms with van der Waals surface area (Å²) in [6.07, 6.45) is 2.45. The minimum absolute atomic E-state index is 0.629. The average Bonchev–Trinajstić information content (AvgIpc) is 3.07. The van der Waals surface area contributed by atoms with E-state index in [2.05, 4.69) is 42.5 Å². The van der Waals surface area contributed by atoms with Gasteiger partial charge in [0.05, 0.1) is 35.4 Å². The molecule has 0 saturated carbocycles. The Hall–Kier alpha value is -1.91. The van der Waals surface area contributed by atoms with Crippen LogP contribution in [-0.2, 0) is 6.54 Å². The van der Waals surface area contributed by atoms with Gasteiger partial charge in [-0.1, -0.05) is 24.3 Å². The van der Waals surface area contributed by atoms with Gasteiger partial charge in [0.25, 0.3) is 0 Å². The number of piperidine rings is 1. The summed E-state index contributed by atoms with van der Waals surface area (Å²) in [5.74, 6) is 1.64. The molecule has 2 heterocycles. The Morgan fingerprint density at radius 1 is 1.08 bits per heavy atom. The van der Waals surface area contributed by atoms with Crippen LogP contribution in [0.25, 0.3) is 10.2 Å². The van der Waals surface area contributed by atoms with E-state index in [1.807, 2.05) is 17.4 Å². The molecule has 3 aromatic rings. The largest absolute Gasteiger partial charge is 0.496 e. The maximum absolute atomic E-state index is 5.49. The molecule has 4 heteroatoms. The minimum atomic E-state index is 0.629. The van der Waals surface area contributed by atoms with E-state index < -0.39 is 0 Å². The molecular formula is C20H23N2OS+. The van der Waals surface area contributed by atoms with Crippen molar-refractivity contribution in [1.29, 1.82) is 0 Å². The molecule has 0 amide bonds. The molecule has 124 valence electrons. The molecule has 1 saturated heterocycles. The Morgan fingerprint density at radius 2 is 1.83 bits per heavy atom. The molecule has 1 N–H and O–H groups in total. The van der Waals surface area contributed by atoms with Crippen molar-refractivity contribution in [2.24, 2.45) is 0 Å². The quantitative estimate of drug-likeness (QED) is 0.790. The first-order valence-electron chi connectivity index (χ1n) is 8.64. The highest BCUT2D eigenvalue weighted by Crippen LogP contribution is 2.31. The van der Waals surface area contributed by atoms with Crippen molar-refractivity contribution >= 4 is 21.6 Å². The zero-order valence-electron chi connectivity index (χ0n) is 14.0. The molecule has 0 spiro atoms. The van der Waals surface area contributed by atoms with Crippen molar-refractivity contribution in [3.05, 3.63) is 59.1 Å². The zero-order valence-corrected chi connectivity index (χ0v) is 14.8. The summed E-state index contributed by atoms with van der Waals surface area (Å²) < 4.78 is 6.81. The number of quaternary nitrogens is 1. The second kappa shape index (κ2) is 6.91. The van der Waals surface area contributed by atoms with Gasteiger partial charge < -0.3 is 9.64 Å². The lowest BCUT2D eigenvalue weighted by molar-refractivity contribution is -0.919. The summed E-state index contributed by atoms with van der Waals surface area (Å²) in [6.45, 7) is 3.47. The molecule has 0 bridgehead atoms. The van der Waals surface area contributed by atoms with Crippen LogP contribution in [0.5, 0.6) is 5.75 Å². The van der Waals surface area contributed by atoms with Crippen LogP contribution >= 0.6 is 11.3 Å². The molecule has 2 aromatic carbocycles. The van der Waals surface area contributed by atoms with Crippen LogP contribution in [0.3, 0.4) is 0 Å². The maximum atomic E-state index is 5.49. The van der Waals surface area contributed by atoms with Crippen LogP contribution in [0, 0.1) is 0 Å². The lowest BCUT2D eigenvalue weighted by Crippen LogP contribution is -3.11. The van der Waals surface area contributed by atoms with E-state index in [0.717, 1.165) is 17.8 Å². The fourth-order valence-corrected chi connectivity index (χ4v) is 4.77. The topological polar surface area (TPSA) is 26.6 Å². The Labute approximate surface area is 146 Å². The number of thiazole rings is 1. The number of benzene rings is 2. The van der Waals surface area contributed by atoms with Crippen LogP contribution < -0.4 is 9.64 Å². The van der Waals surface area contributed by atoms with E-state index in [1.165, 1.54) is 41.2 Å². The third-order valence-corrected chi connectivity index (χ3v) is 6.18. The highest BCUT2D eigenvalue weighted by molar-refractivity contribution is 7.18. The van der Waals surface area contributed by atoms with Crippen molar-refractivity contribution in [2.75, 3.05) is 20.2 Å². The first-order chi connectivity index (χ1) is 11.8. The van der Waals surface area contributed by atoms with Crippen LogP contribution in [-0.4, -0.2) is 25.2 Å². The second-order valence-corrected chi connectivity index (χ2v) is 7.59. The molecule has 24 heavy (non-hydrogen) atoms. The number of hydrogen-bond acceptors (Lipinski definition) is 3. The number of fused-ring (bicyclic) bond motifs is 1. The second-order valence-electron chi connectivity index (χ2n) is 6.53. The lowest BCUT2D eigenvalue weighted by atomic mass is 9.97. The monoisotopic (exact) mass is 339 g/mol. The van der Waals surface area contributed by atoms with E-state index in [0.29, 0.717) is 5.92 Å². The van der Waals surface area contributed by atoms with E-state index in [-0.39, 0.29) is 0 Å². The number of ether oxygens (including phenoxy) is 1. The Bertz CT molecular complexity index is 788. The molecule has 0 unspecified atom stereocenters. The SMILES string of the molecule is COc1ccccc1C[NH+]1CCC(c2nc3ccccc3s2)CC1. The van der Waals surface area contributed by atoms with Crippen molar-refractivity contribution in [2.45, 2.75) is 25.3 Å². The lowest BCUT2D eigenvalue weighted by Gasteiger charge is -2.28. The van der Waals surface area contributed by atoms with Crippen LogP contribution in [0.1, 0.15) is 29.3 Å². The molecule has 1 fully saturated rings. The number of nitrogens with zero attached hydrogens (tertiary/aromatic N) is 1. The van der Waals surface area contributed by atoms with Crippen LogP contribution in [0.4, 0.5) is 0 Å². The Kier molecular flexibility index (Phi) is 4.50. The van der Waals surface area contributed by atoms with Crippen molar-refractivity contribution < 1.29 is 9.64 Å². The zero-order chi connectivity index (χ0) is 16.4. The number of likely N-dealkylation sites (tertiary alicyclic amines) is 1. The minimum Gasteiger partial charge on any atom is -0.496 e. The summed E-state index contributed by atoms with van der Waals surface area (Å²) in [5.41, 5.74) is 2.47. The number of para-hydroxylation sites is 2. The standard InChI is InChI=1S/C20H22N2OS/c1-23-18-8-4-2-6-16(18)14-22-12-10-15(11-13-22)20-21-17-7-3-5-9-19(17)24-20/h2-9,15H,10-14H2,1H3/p+1. The van der Waals surface area contributed by atoms with Gasteiger partial charge in [-0.25, -0.2) is 4.98 Å². The van der Waals surface area contributed by atoms with Gasteiger partial charge in [-0.15, -0.1) is 11.3 Å². The van der Waals surface area contributed by atoms with Gasteiger partial charge in [0.15, 0.2) is 0 Å². The summed E-state index contributed by atoms with van der Waals surface area (Å²) in [5, 5.41) is 1.33. The van der Waals surface area contributed by atoms with Crippen LogP contribution in [0.15, 0.2) is 48.5 Å². The highest BCUT2D eigenvalue weighted by Gasteiger charge is 2.26.